The highest BCUT2D eigenvalue weighted by Crippen LogP contribution is 2.40. The molecule has 150 valence electrons. The summed E-state index contributed by atoms with van der Waals surface area (Å²) in [7, 11) is 1.96. The highest BCUT2D eigenvalue weighted by Gasteiger charge is 2.51. The first kappa shape index (κ1) is 21.7. The second-order valence-electron chi connectivity index (χ2n) is 10.8. The van der Waals surface area contributed by atoms with E-state index in [9.17, 15) is 4.79 Å². The summed E-state index contributed by atoms with van der Waals surface area (Å²) in [6.07, 6.45) is 2.81. The Labute approximate surface area is 160 Å². The first-order chi connectivity index (χ1) is 11.6. The fourth-order valence-corrected chi connectivity index (χ4v) is 4.17. The Morgan fingerprint density at radius 2 is 1.69 bits per heavy atom. The van der Waals surface area contributed by atoms with Crippen molar-refractivity contribution in [2.75, 3.05) is 20.1 Å². The van der Waals surface area contributed by atoms with Crippen molar-refractivity contribution >= 4 is 13.0 Å². The van der Waals surface area contributed by atoms with E-state index in [1.807, 2.05) is 20.8 Å². The molecule has 0 aromatic carbocycles. The van der Waals surface area contributed by atoms with E-state index in [0.29, 0.717) is 5.92 Å². The van der Waals surface area contributed by atoms with Gasteiger partial charge >= 0.3 is 7.12 Å². The number of rotatable bonds is 4. The summed E-state index contributed by atoms with van der Waals surface area (Å²) in [5, 5.41) is 3.17. The van der Waals surface area contributed by atoms with Gasteiger partial charge in [-0.1, -0.05) is 6.42 Å². The molecule has 0 spiro atoms. The van der Waals surface area contributed by atoms with E-state index in [2.05, 4.69) is 51.9 Å². The molecule has 2 heterocycles. The average Bonchev–Trinajstić information content (AvgIpc) is 2.62. The van der Waals surface area contributed by atoms with E-state index in [0.717, 1.165) is 32.3 Å². The van der Waals surface area contributed by atoms with Gasteiger partial charge in [-0.2, -0.15) is 0 Å². The van der Waals surface area contributed by atoms with Crippen LogP contribution in [0.5, 0.6) is 0 Å². The van der Waals surface area contributed by atoms with Crippen molar-refractivity contribution in [2.24, 2.45) is 11.3 Å². The first-order valence-corrected chi connectivity index (χ1v) is 10.0. The molecule has 5 nitrogen and oxygen atoms in total. The highest BCUT2D eigenvalue weighted by atomic mass is 16.7. The van der Waals surface area contributed by atoms with Gasteiger partial charge in [0, 0.05) is 18.6 Å². The molecule has 2 aliphatic heterocycles. The number of likely N-dealkylation sites (tertiary alicyclic amines) is 1. The van der Waals surface area contributed by atoms with Gasteiger partial charge in [0.15, 0.2) is 0 Å². The van der Waals surface area contributed by atoms with E-state index in [4.69, 9.17) is 9.31 Å². The number of hydrogen-bond acceptors (Lipinski definition) is 4. The molecule has 0 aromatic heterocycles. The molecular formula is C20H39BN2O3. The quantitative estimate of drug-likeness (QED) is 0.776. The highest BCUT2D eigenvalue weighted by molar-refractivity contribution is 6.45. The monoisotopic (exact) mass is 366 g/mol. The molecule has 2 rings (SSSR count). The topological polar surface area (TPSA) is 50.8 Å². The van der Waals surface area contributed by atoms with Crippen molar-refractivity contribution in [2.45, 2.75) is 91.3 Å². The minimum atomic E-state index is -0.346. The molecule has 0 aromatic rings. The first-order valence-electron chi connectivity index (χ1n) is 10.0. The maximum atomic E-state index is 12.9. The van der Waals surface area contributed by atoms with Crippen molar-refractivity contribution in [1.82, 2.24) is 10.2 Å². The van der Waals surface area contributed by atoms with Crippen LogP contribution in [0, 0.1) is 11.3 Å². The lowest BCUT2D eigenvalue weighted by atomic mass is 9.71. The average molecular weight is 366 g/mol. The molecule has 26 heavy (non-hydrogen) atoms. The smallest absolute Gasteiger partial charge is 0.403 e. The Bertz CT molecular complexity index is 514. The molecule has 0 radical (unpaired) electrons. The summed E-state index contributed by atoms with van der Waals surface area (Å²) in [6.45, 7) is 18.4. The summed E-state index contributed by atoms with van der Waals surface area (Å²) >= 11 is 0. The SMILES string of the molecule is CN1C[C@@H](CCB2OC(C)(C)C(C)(C)O2)C[C@](C)(C(=O)NC(C)(C)C)C1. The van der Waals surface area contributed by atoms with Crippen molar-refractivity contribution in [3.8, 4) is 0 Å². The molecule has 0 unspecified atom stereocenters. The van der Waals surface area contributed by atoms with Crippen LogP contribution in [0.25, 0.3) is 0 Å². The predicted molar refractivity (Wildman–Crippen MR) is 107 cm³/mol. The molecule has 1 amide bonds. The van der Waals surface area contributed by atoms with Crippen LogP contribution in [-0.2, 0) is 14.1 Å². The molecule has 2 fully saturated rings. The third kappa shape index (κ3) is 5.02. The van der Waals surface area contributed by atoms with Crippen LogP contribution in [-0.4, -0.2) is 54.8 Å². The van der Waals surface area contributed by atoms with Crippen LogP contribution in [0.3, 0.4) is 0 Å². The minimum absolute atomic E-state index is 0.151. The lowest BCUT2D eigenvalue weighted by Gasteiger charge is -2.43. The molecule has 6 heteroatoms. The van der Waals surface area contributed by atoms with Gasteiger partial charge in [0.1, 0.15) is 0 Å². The van der Waals surface area contributed by atoms with Gasteiger partial charge in [0.25, 0.3) is 0 Å². The van der Waals surface area contributed by atoms with Crippen LogP contribution in [0.4, 0.5) is 0 Å². The summed E-state index contributed by atoms with van der Waals surface area (Å²) in [6, 6.07) is 0. The van der Waals surface area contributed by atoms with Crippen LogP contribution < -0.4 is 5.32 Å². The number of piperidine rings is 1. The Balaban J connectivity index is 1.95. The molecule has 2 atom stereocenters. The molecule has 1 N–H and O–H groups in total. The number of nitrogens with one attached hydrogen (secondary N) is 1. The molecule has 2 saturated heterocycles. The fourth-order valence-electron chi connectivity index (χ4n) is 4.17. The normalized spacial score (nSPS) is 31.9. The van der Waals surface area contributed by atoms with E-state index in [1.165, 1.54) is 0 Å². The fraction of sp³-hybridized carbons (Fsp3) is 0.950. The third-order valence-corrected chi connectivity index (χ3v) is 6.08. The van der Waals surface area contributed by atoms with Gasteiger partial charge in [0.05, 0.1) is 16.6 Å². The van der Waals surface area contributed by atoms with Gasteiger partial charge in [0.2, 0.25) is 5.91 Å². The number of nitrogens with zero attached hydrogens (tertiary/aromatic N) is 1. The van der Waals surface area contributed by atoms with Crippen LogP contribution in [0.1, 0.15) is 68.2 Å². The standard InChI is InChI=1S/C20H39BN2O3/c1-17(2,3)22-16(24)20(8)12-15(13-23(9)14-20)10-11-21-25-18(4,5)19(6,7)26-21/h15H,10-14H2,1-9H3,(H,22,24)/t15-,20-/m0/s1. The lowest BCUT2D eigenvalue weighted by Crippen LogP contribution is -2.55. The maximum Gasteiger partial charge on any atom is 0.457 e. The second kappa shape index (κ2) is 7.10. The van der Waals surface area contributed by atoms with Gasteiger partial charge in [-0.05, 0) is 81.1 Å². The third-order valence-electron chi connectivity index (χ3n) is 6.08. The molecule has 2 aliphatic rings. The van der Waals surface area contributed by atoms with Gasteiger partial charge in [-0.25, -0.2) is 0 Å². The van der Waals surface area contributed by atoms with E-state index < -0.39 is 0 Å². The van der Waals surface area contributed by atoms with Crippen molar-refractivity contribution in [3.05, 3.63) is 0 Å². The molecular weight excluding hydrogens is 327 g/mol. The van der Waals surface area contributed by atoms with Crippen LogP contribution in [0.15, 0.2) is 0 Å². The number of amides is 1. The summed E-state index contributed by atoms with van der Waals surface area (Å²) < 4.78 is 12.3. The van der Waals surface area contributed by atoms with Gasteiger partial charge < -0.3 is 19.5 Å². The van der Waals surface area contributed by atoms with E-state index >= 15 is 0 Å². The van der Waals surface area contributed by atoms with Crippen LogP contribution >= 0.6 is 0 Å². The van der Waals surface area contributed by atoms with E-state index in [1.54, 1.807) is 0 Å². The number of carbonyl (C=O) groups excluding carboxylic acids is 1. The molecule has 0 aliphatic carbocycles. The molecule has 0 bridgehead atoms. The summed E-state index contributed by atoms with van der Waals surface area (Å²) in [5.74, 6) is 0.640. The zero-order chi connectivity index (χ0) is 20.0. The Kier molecular flexibility index (Phi) is 5.93. The summed E-state index contributed by atoms with van der Waals surface area (Å²) in [4.78, 5) is 15.2. The lowest BCUT2D eigenvalue weighted by molar-refractivity contribution is -0.135. The maximum absolute atomic E-state index is 12.9. The van der Waals surface area contributed by atoms with Gasteiger partial charge in [-0.15, -0.1) is 0 Å². The number of carbonyl (C=O) groups is 1. The van der Waals surface area contributed by atoms with Gasteiger partial charge in [-0.3, -0.25) is 4.79 Å². The molecule has 0 saturated carbocycles. The van der Waals surface area contributed by atoms with Crippen molar-refractivity contribution in [1.29, 1.82) is 0 Å². The van der Waals surface area contributed by atoms with Crippen molar-refractivity contribution in [3.63, 3.8) is 0 Å². The predicted octanol–water partition coefficient (Wildman–Crippen LogP) is 3.34. The van der Waals surface area contributed by atoms with E-state index in [-0.39, 0.29) is 35.2 Å². The Hall–Kier alpha value is -0.585. The van der Waals surface area contributed by atoms with Crippen LogP contribution in [0.2, 0.25) is 6.32 Å². The summed E-state index contributed by atoms with van der Waals surface area (Å²) in [5.41, 5.74) is -1.10. The zero-order valence-electron chi connectivity index (χ0n) is 18.4. The zero-order valence-corrected chi connectivity index (χ0v) is 18.4. The Morgan fingerprint density at radius 1 is 1.15 bits per heavy atom. The Morgan fingerprint density at radius 3 is 2.19 bits per heavy atom. The second-order valence-corrected chi connectivity index (χ2v) is 10.8. The van der Waals surface area contributed by atoms with Crippen molar-refractivity contribution < 1.29 is 14.1 Å². The largest absolute Gasteiger partial charge is 0.457 e. The number of hydrogen-bond donors (Lipinski definition) is 1. The minimum Gasteiger partial charge on any atom is -0.403 e.